The highest BCUT2D eigenvalue weighted by atomic mass is 16.5. The van der Waals surface area contributed by atoms with Crippen LogP contribution in [-0.4, -0.2) is 26.9 Å². The Hall–Kier alpha value is -2.63. The summed E-state index contributed by atoms with van der Waals surface area (Å²) < 4.78 is 6.73. The number of nitrogens with zero attached hydrogens (tertiary/aromatic N) is 3. The molecule has 2 heterocycles. The SMILES string of the molecule is COc1cccc(Cc2c(C)[nH]n3cnnc3c2=O)c1. The van der Waals surface area contributed by atoms with Crippen LogP contribution < -0.4 is 10.2 Å². The smallest absolute Gasteiger partial charge is 0.230 e. The average molecular weight is 270 g/mol. The van der Waals surface area contributed by atoms with Crippen LogP contribution in [0, 0.1) is 6.92 Å². The van der Waals surface area contributed by atoms with E-state index < -0.39 is 0 Å². The molecule has 102 valence electrons. The van der Waals surface area contributed by atoms with Crippen molar-refractivity contribution in [2.24, 2.45) is 0 Å². The lowest BCUT2D eigenvalue weighted by atomic mass is 10.0. The highest BCUT2D eigenvalue weighted by Gasteiger charge is 2.11. The van der Waals surface area contributed by atoms with Crippen molar-refractivity contribution >= 4 is 5.65 Å². The summed E-state index contributed by atoms with van der Waals surface area (Å²) in [4.78, 5) is 12.4. The molecule has 0 aliphatic carbocycles. The molecule has 0 atom stereocenters. The number of aromatic nitrogens is 4. The van der Waals surface area contributed by atoms with Crippen molar-refractivity contribution in [3.63, 3.8) is 0 Å². The van der Waals surface area contributed by atoms with Crippen LogP contribution in [0.2, 0.25) is 0 Å². The monoisotopic (exact) mass is 270 g/mol. The van der Waals surface area contributed by atoms with Crippen molar-refractivity contribution in [2.45, 2.75) is 13.3 Å². The lowest BCUT2D eigenvalue weighted by molar-refractivity contribution is 0.414. The summed E-state index contributed by atoms with van der Waals surface area (Å²) in [5.41, 5.74) is 2.74. The third-order valence-corrected chi connectivity index (χ3v) is 3.28. The largest absolute Gasteiger partial charge is 0.497 e. The number of aryl methyl sites for hydroxylation is 1. The molecule has 0 aliphatic rings. The molecular weight excluding hydrogens is 256 g/mol. The van der Waals surface area contributed by atoms with Gasteiger partial charge in [-0.2, -0.15) is 0 Å². The molecule has 0 spiro atoms. The molecule has 3 aromatic rings. The van der Waals surface area contributed by atoms with Crippen LogP contribution in [0.5, 0.6) is 5.75 Å². The number of hydrogen-bond donors (Lipinski definition) is 1. The van der Waals surface area contributed by atoms with Crippen LogP contribution in [-0.2, 0) is 6.42 Å². The second kappa shape index (κ2) is 4.80. The Morgan fingerprint density at radius 1 is 1.40 bits per heavy atom. The van der Waals surface area contributed by atoms with Crippen LogP contribution in [0.1, 0.15) is 16.8 Å². The van der Waals surface area contributed by atoms with E-state index in [0.717, 1.165) is 17.0 Å². The number of fused-ring (bicyclic) bond motifs is 1. The second-order valence-corrected chi connectivity index (χ2v) is 4.60. The first-order valence-electron chi connectivity index (χ1n) is 6.23. The number of benzene rings is 1. The van der Waals surface area contributed by atoms with Gasteiger partial charge >= 0.3 is 0 Å². The van der Waals surface area contributed by atoms with Gasteiger partial charge < -0.3 is 4.74 Å². The minimum Gasteiger partial charge on any atom is -0.497 e. The van der Waals surface area contributed by atoms with Crippen molar-refractivity contribution < 1.29 is 4.74 Å². The summed E-state index contributed by atoms with van der Waals surface area (Å²) in [5.74, 6) is 0.778. The number of nitrogens with one attached hydrogen (secondary N) is 1. The molecule has 20 heavy (non-hydrogen) atoms. The van der Waals surface area contributed by atoms with Crippen LogP contribution in [0.15, 0.2) is 35.4 Å². The molecular formula is C14H14N4O2. The lowest BCUT2D eigenvalue weighted by Crippen LogP contribution is -2.17. The molecule has 0 amide bonds. The number of rotatable bonds is 3. The van der Waals surface area contributed by atoms with Crippen molar-refractivity contribution in [2.75, 3.05) is 7.11 Å². The Balaban J connectivity index is 2.07. The fraction of sp³-hybridized carbons (Fsp3) is 0.214. The van der Waals surface area contributed by atoms with E-state index in [4.69, 9.17) is 4.74 Å². The van der Waals surface area contributed by atoms with Gasteiger partial charge in [-0.05, 0) is 24.6 Å². The zero-order valence-electron chi connectivity index (χ0n) is 11.3. The van der Waals surface area contributed by atoms with Crippen molar-refractivity contribution in [3.8, 4) is 5.75 Å². The molecule has 0 saturated heterocycles. The fourth-order valence-corrected chi connectivity index (χ4v) is 2.22. The Morgan fingerprint density at radius 2 is 2.25 bits per heavy atom. The first-order valence-corrected chi connectivity index (χ1v) is 6.23. The van der Waals surface area contributed by atoms with E-state index in [-0.39, 0.29) is 5.43 Å². The Bertz CT molecular complexity index is 819. The van der Waals surface area contributed by atoms with Crippen LogP contribution in [0.4, 0.5) is 0 Å². The lowest BCUT2D eigenvalue weighted by Gasteiger charge is -2.07. The number of methoxy groups -OCH3 is 1. The van der Waals surface area contributed by atoms with Gasteiger partial charge in [-0.3, -0.25) is 9.89 Å². The van der Waals surface area contributed by atoms with Gasteiger partial charge in [-0.1, -0.05) is 12.1 Å². The molecule has 2 aromatic heterocycles. The summed E-state index contributed by atoms with van der Waals surface area (Å²) in [6, 6.07) is 7.68. The maximum Gasteiger partial charge on any atom is 0.230 e. The molecule has 0 radical (unpaired) electrons. The third kappa shape index (κ3) is 2.05. The zero-order chi connectivity index (χ0) is 14.1. The predicted molar refractivity (Wildman–Crippen MR) is 74.1 cm³/mol. The minimum atomic E-state index is -0.0958. The van der Waals surface area contributed by atoms with Crippen molar-refractivity contribution in [3.05, 3.63) is 57.6 Å². The summed E-state index contributed by atoms with van der Waals surface area (Å²) in [5, 5.41) is 10.7. The van der Waals surface area contributed by atoms with Crippen LogP contribution in [0.3, 0.4) is 0 Å². The summed E-state index contributed by atoms with van der Waals surface area (Å²) >= 11 is 0. The molecule has 0 unspecified atom stereocenters. The number of H-pyrrole nitrogens is 1. The second-order valence-electron chi connectivity index (χ2n) is 4.60. The molecule has 3 rings (SSSR count). The van der Waals surface area contributed by atoms with E-state index in [1.54, 1.807) is 7.11 Å². The van der Waals surface area contributed by atoms with Crippen molar-refractivity contribution in [1.82, 2.24) is 19.8 Å². The van der Waals surface area contributed by atoms with Crippen molar-refractivity contribution in [1.29, 1.82) is 0 Å². The molecule has 0 saturated carbocycles. The summed E-state index contributed by atoms with van der Waals surface area (Å²) in [7, 11) is 1.62. The Morgan fingerprint density at radius 3 is 3.05 bits per heavy atom. The highest BCUT2D eigenvalue weighted by molar-refractivity contribution is 5.42. The van der Waals surface area contributed by atoms with E-state index in [2.05, 4.69) is 15.3 Å². The van der Waals surface area contributed by atoms with Gasteiger partial charge in [-0.15, -0.1) is 10.2 Å². The Kier molecular flexibility index (Phi) is 2.98. The summed E-state index contributed by atoms with van der Waals surface area (Å²) in [6.07, 6.45) is 2.01. The quantitative estimate of drug-likeness (QED) is 0.779. The maximum absolute atomic E-state index is 12.4. The molecule has 0 aliphatic heterocycles. The predicted octanol–water partition coefficient (Wildman–Crippen LogP) is 1.33. The number of ether oxygens (including phenoxy) is 1. The van der Waals surface area contributed by atoms with E-state index in [1.807, 2.05) is 31.2 Å². The molecule has 0 bridgehead atoms. The molecule has 0 fully saturated rings. The summed E-state index contributed by atoms with van der Waals surface area (Å²) in [6.45, 7) is 1.87. The van der Waals surface area contributed by atoms with Crippen LogP contribution in [0.25, 0.3) is 5.65 Å². The number of aromatic amines is 1. The molecule has 1 N–H and O–H groups in total. The van der Waals surface area contributed by atoms with Gasteiger partial charge in [0.1, 0.15) is 12.1 Å². The molecule has 6 heteroatoms. The minimum absolute atomic E-state index is 0.0958. The van der Waals surface area contributed by atoms with E-state index in [0.29, 0.717) is 17.6 Å². The van der Waals surface area contributed by atoms with Gasteiger partial charge in [0.05, 0.1) is 7.11 Å². The van der Waals surface area contributed by atoms with Gasteiger partial charge in [-0.25, -0.2) is 4.52 Å². The van der Waals surface area contributed by atoms with Crippen LogP contribution >= 0.6 is 0 Å². The van der Waals surface area contributed by atoms with E-state index >= 15 is 0 Å². The van der Waals surface area contributed by atoms with Gasteiger partial charge in [0.15, 0.2) is 0 Å². The highest BCUT2D eigenvalue weighted by Crippen LogP contribution is 2.16. The Labute approximate surface area is 115 Å². The first kappa shape index (κ1) is 12.4. The topological polar surface area (TPSA) is 72.3 Å². The molecule has 1 aromatic carbocycles. The third-order valence-electron chi connectivity index (χ3n) is 3.28. The standard InChI is InChI=1S/C14H14N4O2/c1-9-12(7-10-4-3-5-11(6-10)20-2)13(19)14-16-15-8-18(14)17-9/h3-6,8,17H,7H2,1-2H3. The van der Waals surface area contributed by atoms with E-state index in [9.17, 15) is 4.79 Å². The maximum atomic E-state index is 12.4. The number of hydrogen-bond acceptors (Lipinski definition) is 4. The normalized spacial score (nSPS) is 10.9. The van der Waals surface area contributed by atoms with Gasteiger partial charge in [0.25, 0.3) is 0 Å². The molecule has 6 nitrogen and oxygen atoms in total. The first-order chi connectivity index (χ1) is 9.69. The average Bonchev–Trinajstić information content (AvgIpc) is 2.92. The zero-order valence-corrected chi connectivity index (χ0v) is 11.3. The van der Waals surface area contributed by atoms with E-state index in [1.165, 1.54) is 10.8 Å². The van der Waals surface area contributed by atoms with Gasteiger partial charge in [0.2, 0.25) is 11.1 Å². The fourth-order valence-electron chi connectivity index (χ4n) is 2.22. The van der Waals surface area contributed by atoms with Gasteiger partial charge in [0, 0.05) is 17.7 Å².